The first-order valence-corrected chi connectivity index (χ1v) is 9.15. The molecule has 9 heteroatoms. The summed E-state index contributed by atoms with van der Waals surface area (Å²) in [6, 6.07) is 5.58. The molecule has 146 valence electrons. The van der Waals surface area contributed by atoms with E-state index in [1.165, 1.54) is 11.3 Å². The van der Waals surface area contributed by atoms with Crippen LogP contribution >= 0.6 is 0 Å². The summed E-state index contributed by atoms with van der Waals surface area (Å²) in [5.41, 5.74) is 2.75. The maximum Gasteiger partial charge on any atom is 0.408 e. The number of piperidine rings is 1. The molecule has 2 atom stereocenters. The maximum absolute atomic E-state index is 12.9. The molecule has 0 aliphatic carbocycles. The number of carbonyl (C=O) groups excluding carboxylic acids is 1. The maximum atomic E-state index is 12.9. The first-order chi connectivity index (χ1) is 13.0. The third-order valence-corrected chi connectivity index (χ3v) is 5.29. The molecule has 1 aromatic rings. The molecule has 2 saturated heterocycles. The molecule has 1 aromatic carbocycles. The molecule has 2 fully saturated rings. The van der Waals surface area contributed by atoms with E-state index in [0.29, 0.717) is 24.2 Å². The summed E-state index contributed by atoms with van der Waals surface area (Å²) in [6.45, 7) is 2.15. The van der Waals surface area contributed by atoms with E-state index in [9.17, 15) is 14.7 Å². The van der Waals surface area contributed by atoms with Gasteiger partial charge in [0.25, 0.3) is 0 Å². The molecular weight excluding hydrogens is 350 g/mol. The van der Waals surface area contributed by atoms with Gasteiger partial charge in [-0.2, -0.15) is 0 Å². The summed E-state index contributed by atoms with van der Waals surface area (Å²) in [5.74, 6) is -0.487. The van der Waals surface area contributed by atoms with Crippen LogP contribution in [0.4, 0.5) is 10.5 Å². The average Bonchev–Trinajstić information content (AvgIpc) is 3.14. The number of anilines is 1. The van der Waals surface area contributed by atoms with Crippen molar-refractivity contribution in [2.75, 3.05) is 25.0 Å². The molecule has 9 nitrogen and oxygen atoms in total. The average molecular weight is 375 g/mol. The molecule has 0 radical (unpaired) electrons. The Balaban J connectivity index is 1.74. The number of hydroxylamine groups is 1. The van der Waals surface area contributed by atoms with Crippen molar-refractivity contribution in [1.82, 2.24) is 15.3 Å². The van der Waals surface area contributed by atoms with Gasteiger partial charge in [0.2, 0.25) is 5.91 Å². The lowest BCUT2D eigenvalue weighted by Gasteiger charge is -2.36. The van der Waals surface area contributed by atoms with Crippen molar-refractivity contribution >= 4 is 23.5 Å². The van der Waals surface area contributed by atoms with Crippen LogP contribution in [0.5, 0.6) is 0 Å². The van der Waals surface area contributed by atoms with Crippen molar-refractivity contribution in [3.8, 4) is 0 Å². The van der Waals surface area contributed by atoms with E-state index >= 15 is 0 Å². The highest BCUT2D eigenvalue weighted by Crippen LogP contribution is 2.27. The smallest absolute Gasteiger partial charge is 0.408 e. The normalized spacial score (nSPS) is 23.1. The number of carboxylic acid groups (broad SMARTS) is 1. The van der Waals surface area contributed by atoms with Crippen LogP contribution < -0.4 is 10.8 Å². The summed E-state index contributed by atoms with van der Waals surface area (Å²) in [6.07, 6.45) is 2.90. The quantitative estimate of drug-likeness (QED) is 0.308. The molecule has 0 bridgehead atoms. The van der Waals surface area contributed by atoms with Crippen LogP contribution in [0.15, 0.2) is 24.3 Å². The summed E-state index contributed by atoms with van der Waals surface area (Å²) >= 11 is 0. The third-order valence-electron chi connectivity index (χ3n) is 5.29. The number of amides is 2. The van der Waals surface area contributed by atoms with E-state index in [1.54, 1.807) is 29.7 Å². The topological polar surface area (TPSA) is 129 Å². The molecule has 0 unspecified atom stereocenters. The molecule has 2 aliphatic rings. The summed E-state index contributed by atoms with van der Waals surface area (Å²) in [4.78, 5) is 28.0. The molecular formula is C18H25N5O4. The Labute approximate surface area is 157 Å². The number of likely N-dealkylation sites (tertiary alicyclic amines) is 2. The van der Waals surface area contributed by atoms with Crippen molar-refractivity contribution in [2.45, 2.75) is 37.8 Å². The zero-order chi connectivity index (χ0) is 19.4. The second-order valence-corrected chi connectivity index (χ2v) is 6.93. The number of amidine groups is 1. The lowest BCUT2D eigenvalue weighted by molar-refractivity contribution is -0.121. The van der Waals surface area contributed by atoms with Crippen molar-refractivity contribution in [1.29, 1.82) is 5.41 Å². The minimum Gasteiger partial charge on any atom is -0.465 e. The Morgan fingerprint density at radius 1 is 1.07 bits per heavy atom. The van der Waals surface area contributed by atoms with E-state index < -0.39 is 12.1 Å². The van der Waals surface area contributed by atoms with Gasteiger partial charge < -0.3 is 10.4 Å². The summed E-state index contributed by atoms with van der Waals surface area (Å²) < 4.78 is 0. The third kappa shape index (κ3) is 4.20. The van der Waals surface area contributed by atoms with Crippen molar-refractivity contribution in [2.24, 2.45) is 0 Å². The molecule has 27 heavy (non-hydrogen) atoms. The predicted molar refractivity (Wildman–Crippen MR) is 99.2 cm³/mol. The first-order valence-electron chi connectivity index (χ1n) is 9.15. The SMILES string of the molecule is N=C(NO)c1ccc(NC(=O)[C@@H]2[C@H](N3CCCCC3)CCN2C(=O)O)cc1. The molecule has 0 aromatic heterocycles. The summed E-state index contributed by atoms with van der Waals surface area (Å²) in [7, 11) is 0. The van der Waals surface area contributed by atoms with Crippen LogP contribution in [0.2, 0.25) is 0 Å². The molecule has 2 heterocycles. The molecule has 0 spiro atoms. The Hall–Kier alpha value is -2.65. The number of hydrogen-bond donors (Lipinski definition) is 5. The number of carbonyl (C=O) groups is 2. The zero-order valence-corrected chi connectivity index (χ0v) is 15.0. The van der Waals surface area contributed by atoms with E-state index in [4.69, 9.17) is 10.6 Å². The molecule has 2 aliphatic heterocycles. The van der Waals surface area contributed by atoms with E-state index in [2.05, 4.69) is 10.2 Å². The number of benzene rings is 1. The van der Waals surface area contributed by atoms with E-state index in [-0.39, 0.29) is 17.8 Å². The van der Waals surface area contributed by atoms with Crippen molar-refractivity contribution < 1.29 is 19.9 Å². The van der Waals surface area contributed by atoms with Crippen LogP contribution in [0, 0.1) is 5.41 Å². The van der Waals surface area contributed by atoms with Crippen molar-refractivity contribution in [3.05, 3.63) is 29.8 Å². The van der Waals surface area contributed by atoms with Crippen LogP contribution in [0.3, 0.4) is 0 Å². The van der Waals surface area contributed by atoms with Gasteiger partial charge in [-0.25, -0.2) is 4.79 Å². The van der Waals surface area contributed by atoms with E-state index in [1.807, 2.05) is 0 Å². The fourth-order valence-corrected chi connectivity index (χ4v) is 3.94. The Kier molecular flexibility index (Phi) is 5.92. The highest BCUT2D eigenvalue weighted by Gasteiger charge is 2.44. The molecule has 3 rings (SSSR count). The Morgan fingerprint density at radius 2 is 1.74 bits per heavy atom. The van der Waals surface area contributed by atoms with Crippen molar-refractivity contribution in [3.63, 3.8) is 0 Å². The number of hydrogen-bond acceptors (Lipinski definition) is 5. The number of nitrogens with one attached hydrogen (secondary N) is 3. The second kappa shape index (κ2) is 8.36. The highest BCUT2D eigenvalue weighted by molar-refractivity contribution is 5.99. The van der Waals surface area contributed by atoms with Gasteiger partial charge in [-0.1, -0.05) is 6.42 Å². The van der Waals surface area contributed by atoms with Gasteiger partial charge in [0, 0.05) is 23.8 Å². The predicted octanol–water partition coefficient (Wildman–Crippen LogP) is 1.54. The Bertz CT molecular complexity index is 702. The fraction of sp³-hybridized carbons (Fsp3) is 0.500. The Morgan fingerprint density at radius 3 is 2.33 bits per heavy atom. The lowest BCUT2D eigenvalue weighted by Crippen LogP contribution is -2.53. The number of rotatable bonds is 4. The minimum absolute atomic E-state index is 0.104. The van der Waals surface area contributed by atoms with Gasteiger partial charge in [-0.05, 0) is 56.6 Å². The molecule has 2 amide bonds. The number of nitrogens with zero attached hydrogens (tertiary/aromatic N) is 2. The van der Waals surface area contributed by atoms with Gasteiger partial charge in [0.15, 0.2) is 0 Å². The summed E-state index contributed by atoms with van der Waals surface area (Å²) in [5, 5.41) is 28.6. The standard InChI is InChI=1S/C18H25N5O4/c19-16(21-27)12-4-6-13(7-5-12)20-17(24)15-14(8-11-23(15)18(25)26)22-9-2-1-3-10-22/h4-7,14-15,27H,1-3,8-11H2,(H2,19,21)(H,20,24)(H,25,26)/t14-,15+/m1/s1. The van der Waals surface area contributed by atoms with Gasteiger partial charge in [0.1, 0.15) is 11.9 Å². The fourth-order valence-electron chi connectivity index (χ4n) is 3.94. The lowest BCUT2D eigenvalue weighted by atomic mass is 10.0. The largest absolute Gasteiger partial charge is 0.465 e. The van der Waals surface area contributed by atoms with Crippen LogP contribution in [-0.4, -0.2) is 69.7 Å². The van der Waals surface area contributed by atoms with Crippen LogP contribution in [0.1, 0.15) is 31.2 Å². The second-order valence-electron chi connectivity index (χ2n) is 6.93. The van der Waals surface area contributed by atoms with Gasteiger partial charge in [-0.15, -0.1) is 0 Å². The monoisotopic (exact) mass is 375 g/mol. The first kappa shape index (κ1) is 19.1. The molecule has 5 N–H and O–H groups in total. The minimum atomic E-state index is -1.08. The molecule has 0 saturated carbocycles. The van der Waals surface area contributed by atoms with Crippen LogP contribution in [0.25, 0.3) is 0 Å². The highest BCUT2D eigenvalue weighted by atomic mass is 16.5. The van der Waals surface area contributed by atoms with Gasteiger partial charge in [-0.3, -0.25) is 30.7 Å². The van der Waals surface area contributed by atoms with Gasteiger partial charge in [0.05, 0.1) is 0 Å². The van der Waals surface area contributed by atoms with Crippen LogP contribution in [-0.2, 0) is 4.79 Å². The zero-order valence-electron chi connectivity index (χ0n) is 15.0. The van der Waals surface area contributed by atoms with Gasteiger partial charge >= 0.3 is 6.09 Å². The van der Waals surface area contributed by atoms with E-state index in [0.717, 1.165) is 25.9 Å².